The summed E-state index contributed by atoms with van der Waals surface area (Å²) >= 11 is 0. The molecule has 0 bridgehead atoms. The van der Waals surface area contributed by atoms with Gasteiger partial charge in [-0.2, -0.15) is 0 Å². The number of fused-ring (bicyclic) bond motifs is 1. The fraction of sp³-hybridized carbons (Fsp3) is 0.300. The molecule has 1 saturated heterocycles. The fourth-order valence-electron chi connectivity index (χ4n) is 3.50. The second kappa shape index (κ2) is 7.89. The van der Waals surface area contributed by atoms with Gasteiger partial charge in [-0.3, -0.25) is 9.36 Å². The Balaban J connectivity index is 0.00000196. The number of nitrogens with two attached hydrogens (primary N) is 1. The third-order valence-corrected chi connectivity index (χ3v) is 4.78. The molecule has 1 aliphatic rings. The van der Waals surface area contributed by atoms with Crippen molar-refractivity contribution in [3.05, 3.63) is 60.4 Å². The van der Waals surface area contributed by atoms with E-state index in [1.807, 2.05) is 41.3 Å². The van der Waals surface area contributed by atoms with Gasteiger partial charge in [0.05, 0.1) is 11.0 Å². The molecule has 6 heteroatoms. The van der Waals surface area contributed by atoms with Gasteiger partial charge in [0.25, 0.3) is 0 Å². The summed E-state index contributed by atoms with van der Waals surface area (Å²) in [7, 11) is 0. The largest absolute Gasteiger partial charge is 0.341 e. The maximum absolute atomic E-state index is 12.5. The third-order valence-electron chi connectivity index (χ3n) is 4.78. The quantitative estimate of drug-likeness (QED) is 0.768. The highest BCUT2D eigenvalue weighted by Crippen LogP contribution is 2.22. The number of para-hydroxylation sites is 3. The number of aryl methyl sites for hydroxylation is 1. The van der Waals surface area contributed by atoms with Crippen molar-refractivity contribution in [2.24, 2.45) is 5.73 Å². The minimum absolute atomic E-state index is 0. The number of aromatic nitrogens is 2. The van der Waals surface area contributed by atoms with E-state index in [4.69, 9.17) is 10.7 Å². The van der Waals surface area contributed by atoms with Gasteiger partial charge in [0.1, 0.15) is 5.82 Å². The Labute approximate surface area is 159 Å². The van der Waals surface area contributed by atoms with Gasteiger partial charge in [0.2, 0.25) is 5.91 Å². The van der Waals surface area contributed by atoms with Gasteiger partial charge in [-0.05, 0) is 30.7 Å². The second-order valence-corrected chi connectivity index (χ2v) is 6.58. The van der Waals surface area contributed by atoms with Crippen LogP contribution in [0.1, 0.15) is 18.7 Å². The molecule has 1 atom stereocenters. The van der Waals surface area contributed by atoms with Crippen LogP contribution in [0.25, 0.3) is 16.7 Å². The van der Waals surface area contributed by atoms with Crippen molar-refractivity contribution in [1.29, 1.82) is 0 Å². The van der Waals surface area contributed by atoms with E-state index >= 15 is 0 Å². The van der Waals surface area contributed by atoms with E-state index in [1.54, 1.807) is 0 Å². The van der Waals surface area contributed by atoms with Crippen LogP contribution in [-0.2, 0) is 11.2 Å². The molecule has 136 valence electrons. The first kappa shape index (κ1) is 18.4. The van der Waals surface area contributed by atoms with Crippen LogP contribution in [0.5, 0.6) is 0 Å². The normalized spacial score (nSPS) is 16.7. The Bertz CT molecular complexity index is 893. The van der Waals surface area contributed by atoms with Crippen LogP contribution in [0.3, 0.4) is 0 Å². The molecule has 1 amide bonds. The zero-order chi connectivity index (χ0) is 17.2. The monoisotopic (exact) mass is 370 g/mol. The predicted octanol–water partition coefficient (Wildman–Crippen LogP) is 2.94. The van der Waals surface area contributed by atoms with Gasteiger partial charge >= 0.3 is 0 Å². The average Bonchev–Trinajstić information content (AvgIpc) is 3.24. The van der Waals surface area contributed by atoms with E-state index < -0.39 is 0 Å². The standard InChI is InChI=1S/C20H22N4O.ClH/c21-15-12-13-23(14-15)20(25)11-10-19-22-17-8-4-5-9-18(17)24(19)16-6-2-1-3-7-16;/h1-9,15H,10-14,21H2;1H/t15-;/m1./s1. The lowest BCUT2D eigenvalue weighted by Gasteiger charge is -2.16. The number of amides is 1. The van der Waals surface area contributed by atoms with Gasteiger partial charge in [0, 0.05) is 37.7 Å². The van der Waals surface area contributed by atoms with Crippen LogP contribution in [0, 0.1) is 0 Å². The number of imidazole rings is 1. The minimum Gasteiger partial charge on any atom is -0.341 e. The Morgan fingerprint density at radius 1 is 1.12 bits per heavy atom. The van der Waals surface area contributed by atoms with E-state index in [0.717, 1.165) is 35.5 Å². The molecule has 1 fully saturated rings. The number of nitrogens with zero attached hydrogens (tertiary/aromatic N) is 3. The number of halogens is 1. The average molecular weight is 371 g/mol. The Kier molecular flexibility index (Phi) is 5.59. The molecule has 4 rings (SSSR count). The van der Waals surface area contributed by atoms with Gasteiger partial charge in [0.15, 0.2) is 0 Å². The number of carbonyl (C=O) groups is 1. The molecular formula is C20H23ClN4O. The number of likely N-dealkylation sites (tertiary alicyclic amines) is 1. The Hall–Kier alpha value is -2.37. The van der Waals surface area contributed by atoms with Gasteiger partial charge in [-0.25, -0.2) is 4.98 Å². The molecular weight excluding hydrogens is 348 g/mol. The first-order chi connectivity index (χ1) is 12.2. The van der Waals surface area contributed by atoms with E-state index in [-0.39, 0.29) is 24.4 Å². The molecule has 0 unspecified atom stereocenters. The zero-order valence-corrected chi connectivity index (χ0v) is 15.4. The molecule has 5 nitrogen and oxygen atoms in total. The van der Waals surface area contributed by atoms with Crippen molar-refractivity contribution in [3.8, 4) is 5.69 Å². The summed E-state index contributed by atoms with van der Waals surface area (Å²) in [6.45, 7) is 1.45. The summed E-state index contributed by atoms with van der Waals surface area (Å²) in [4.78, 5) is 19.1. The molecule has 3 aromatic rings. The zero-order valence-electron chi connectivity index (χ0n) is 14.5. The number of hydrogen-bond acceptors (Lipinski definition) is 3. The van der Waals surface area contributed by atoms with Crippen LogP contribution in [0.15, 0.2) is 54.6 Å². The van der Waals surface area contributed by atoms with Crippen molar-refractivity contribution in [3.63, 3.8) is 0 Å². The molecule has 0 aliphatic carbocycles. The molecule has 1 aliphatic heterocycles. The Morgan fingerprint density at radius 2 is 1.85 bits per heavy atom. The first-order valence-electron chi connectivity index (χ1n) is 8.77. The van der Waals surface area contributed by atoms with E-state index in [1.165, 1.54) is 0 Å². The summed E-state index contributed by atoms with van der Waals surface area (Å²) in [6.07, 6.45) is 1.98. The van der Waals surface area contributed by atoms with Crippen LogP contribution >= 0.6 is 12.4 Å². The molecule has 2 N–H and O–H groups in total. The maximum Gasteiger partial charge on any atom is 0.223 e. The lowest BCUT2D eigenvalue weighted by atomic mass is 10.2. The lowest BCUT2D eigenvalue weighted by molar-refractivity contribution is -0.130. The summed E-state index contributed by atoms with van der Waals surface area (Å²) in [5.74, 6) is 1.09. The third kappa shape index (κ3) is 3.59. The number of rotatable bonds is 4. The van der Waals surface area contributed by atoms with Gasteiger partial charge < -0.3 is 10.6 Å². The fourth-order valence-corrected chi connectivity index (χ4v) is 3.50. The topological polar surface area (TPSA) is 64.2 Å². The Morgan fingerprint density at radius 3 is 2.58 bits per heavy atom. The summed E-state index contributed by atoms with van der Waals surface area (Å²) in [6, 6.07) is 18.4. The SMILES string of the molecule is Cl.N[C@@H]1CCN(C(=O)CCc2nc3ccccc3n2-c2ccccc2)C1. The van der Waals surface area contributed by atoms with Gasteiger partial charge in [-0.1, -0.05) is 30.3 Å². The molecule has 26 heavy (non-hydrogen) atoms. The predicted molar refractivity (Wildman–Crippen MR) is 106 cm³/mol. The molecule has 0 radical (unpaired) electrons. The molecule has 1 aromatic heterocycles. The lowest BCUT2D eigenvalue weighted by Crippen LogP contribution is -2.32. The van der Waals surface area contributed by atoms with Crippen LogP contribution in [0.2, 0.25) is 0 Å². The van der Waals surface area contributed by atoms with Crippen LogP contribution in [0.4, 0.5) is 0 Å². The van der Waals surface area contributed by atoms with Crippen LogP contribution < -0.4 is 5.73 Å². The van der Waals surface area contributed by atoms with Crippen molar-refractivity contribution < 1.29 is 4.79 Å². The summed E-state index contributed by atoms with van der Waals surface area (Å²) in [5.41, 5.74) is 9.01. The number of benzene rings is 2. The van der Waals surface area contributed by atoms with E-state index in [2.05, 4.69) is 22.8 Å². The number of carbonyl (C=O) groups excluding carboxylic acids is 1. The van der Waals surface area contributed by atoms with E-state index in [0.29, 0.717) is 19.4 Å². The van der Waals surface area contributed by atoms with E-state index in [9.17, 15) is 4.79 Å². The molecule has 0 saturated carbocycles. The molecule has 2 heterocycles. The van der Waals surface area contributed by atoms with Crippen molar-refractivity contribution >= 4 is 29.3 Å². The number of hydrogen-bond donors (Lipinski definition) is 1. The maximum atomic E-state index is 12.5. The van der Waals surface area contributed by atoms with Crippen molar-refractivity contribution in [1.82, 2.24) is 14.5 Å². The summed E-state index contributed by atoms with van der Waals surface area (Å²) < 4.78 is 2.15. The minimum atomic E-state index is 0. The smallest absolute Gasteiger partial charge is 0.223 e. The van der Waals surface area contributed by atoms with Gasteiger partial charge in [-0.15, -0.1) is 12.4 Å². The second-order valence-electron chi connectivity index (χ2n) is 6.58. The summed E-state index contributed by atoms with van der Waals surface area (Å²) in [5, 5.41) is 0. The van der Waals surface area contributed by atoms with Crippen molar-refractivity contribution in [2.75, 3.05) is 13.1 Å². The molecule has 0 spiro atoms. The van der Waals surface area contributed by atoms with Crippen molar-refractivity contribution in [2.45, 2.75) is 25.3 Å². The highest BCUT2D eigenvalue weighted by atomic mass is 35.5. The first-order valence-corrected chi connectivity index (χ1v) is 8.77. The van der Waals surface area contributed by atoms with Crippen LogP contribution in [-0.4, -0.2) is 39.5 Å². The molecule has 2 aromatic carbocycles. The highest BCUT2D eigenvalue weighted by Gasteiger charge is 2.24. The highest BCUT2D eigenvalue weighted by molar-refractivity contribution is 5.85.